The number of rotatable bonds is 1. The Bertz CT molecular complexity index is 296. The monoisotopic (exact) mass is 167 g/mol. The van der Waals surface area contributed by atoms with E-state index in [9.17, 15) is 4.39 Å². The van der Waals surface area contributed by atoms with Gasteiger partial charge in [-0.1, -0.05) is 0 Å². The smallest absolute Gasteiger partial charge is 0.152 e. The van der Waals surface area contributed by atoms with E-state index in [2.05, 4.69) is 15.3 Å². The van der Waals surface area contributed by atoms with Crippen LogP contribution >= 0.6 is 0 Å². The van der Waals surface area contributed by atoms with E-state index in [0.717, 1.165) is 6.20 Å². The zero-order valence-electron chi connectivity index (χ0n) is 7.00. The lowest BCUT2D eigenvalue weighted by molar-refractivity contribution is 0.618. The van der Waals surface area contributed by atoms with Gasteiger partial charge in [-0.15, -0.1) is 0 Å². The van der Waals surface area contributed by atoms with Crippen molar-refractivity contribution in [2.75, 3.05) is 14.1 Å². The van der Waals surface area contributed by atoms with Crippen LogP contribution in [0.15, 0.2) is 23.5 Å². The van der Waals surface area contributed by atoms with Crippen molar-refractivity contribution < 1.29 is 4.39 Å². The molecule has 4 heteroatoms. The van der Waals surface area contributed by atoms with Crippen molar-refractivity contribution in [3.8, 4) is 0 Å². The molecule has 0 saturated heterocycles. The maximum atomic E-state index is 13.0. The summed E-state index contributed by atoms with van der Waals surface area (Å²) in [7, 11) is 3.30. The maximum Gasteiger partial charge on any atom is 0.152 e. The summed E-state index contributed by atoms with van der Waals surface area (Å²) in [6.07, 6.45) is 2.69. The first-order chi connectivity index (χ1) is 5.79. The molecule has 1 N–H and O–H groups in total. The molecule has 0 spiro atoms. The summed E-state index contributed by atoms with van der Waals surface area (Å²) in [5, 5.41) is 2.79. The molecular weight excluding hydrogens is 157 g/mol. The van der Waals surface area contributed by atoms with Crippen LogP contribution in [0.1, 0.15) is 5.56 Å². The van der Waals surface area contributed by atoms with E-state index in [1.807, 2.05) is 0 Å². The zero-order chi connectivity index (χ0) is 8.97. The largest absolute Gasteiger partial charge is 0.373 e. The minimum absolute atomic E-state index is 0.368. The molecule has 0 aromatic carbocycles. The van der Waals surface area contributed by atoms with Crippen molar-refractivity contribution in [1.29, 1.82) is 0 Å². The Kier molecular flexibility index (Phi) is 2.74. The van der Waals surface area contributed by atoms with E-state index >= 15 is 0 Å². The van der Waals surface area contributed by atoms with Crippen LogP contribution in [-0.2, 0) is 0 Å². The molecule has 0 bridgehead atoms. The summed E-state index contributed by atoms with van der Waals surface area (Å²) in [6, 6.07) is 1.58. The standard InChI is InChI=1S/C8H10FN3/c1-10-8(11-2)6-3-4-12-5-7(6)9/h3-5H,1-2H3,(H,10,11). The van der Waals surface area contributed by atoms with Crippen LogP contribution in [-0.4, -0.2) is 24.9 Å². The minimum Gasteiger partial charge on any atom is -0.373 e. The quantitative estimate of drug-likeness (QED) is 0.496. The molecule has 0 unspecified atom stereocenters. The molecule has 0 amide bonds. The van der Waals surface area contributed by atoms with Crippen LogP contribution in [0.5, 0.6) is 0 Å². The van der Waals surface area contributed by atoms with Crippen molar-refractivity contribution in [1.82, 2.24) is 10.3 Å². The van der Waals surface area contributed by atoms with Crippen molar-refractivity contribution in [3.63, 3.8) is 0 Å². The molecule has 1 aromatic rings. The van der Waals surface area contributed by atoms with Crippen LogP contribution in [0.2, 0.25) is 0 Å². The van der Waals surface area contributed by atoms with Gasteiger partial charge in [0.15, 0.2) is 5.82 Å². The minimum atomic E-state index is -0.368. The Morgan fingerprint density at radius 1 is 1.67 bits per heavy atom. The van der Waals surface area contributed by atoms with Crippen molar-refractivity contribution in [2.45, 2.75) is 0 Å². The molecular formula is C8H10FN3. The molecule has 0 fully saturated rings. The second-order valence-electron chi connectivity index (χ2n) is 2.18. The summed E-state index contributed by atoms with van der Waals surface area (Å²) in [4.78, 5) is 7.51. The highest BCUT2D eigenvalue weighted by atomic mass is 19.1. The van der Waals surface area contributed by atoms with Gasteiger partial charge >= 0.3 is 0 Å². The van der Waals surface area contributed by atoms with Crippen molar-refractivity contribution >= 4 is 5.84 Å². The summed E-state index contributed by atoms with van der Waals surface area (Å²) in [5.74, 6) is 0.155. The molecule has 0 aliphatic heterocycles. The van der Waals surface area contributed by atoms with E-state index < -0.39 is 0 Å². The first-order valence-electron chi connectivity index (χ1n) is 3.54. The molecule has 1 rings (SSSR count). The molecule has 0 aliphatic carbocycles. The number of nitrogens with one attached hydrogen (secondary N) is 1. The lowest BCUT2D eigenvalue weighted by atomic mass is 10.2. The van der Waals surface area contributed by atoms with Gasteiger partial charge in [-0.2, -0.15) is 0 Å². The second kappa shape index (κ2) is 3.80. The number of pyridine rings is 1. The fourth-order valence-electron chi connectivity index (χ4n) is 0.934. The average molecular weight is 167 g/mol. The number of hydrogen-bond donors (Lipinski definition) is 1. The highest BCUT2D eigenvalue weighted by Crippen LogP contribution is 2.03. The number of amidine groups is 1. The number of aromatic nitrogens is 1. The Labute approximate surface area is 70.4 Å². The predicted molar refractivity (Wildman–Crippen MR) is 45.7 cm³/mol. The third-order valence-corrected chi connectivity index (χ3v) is 1.49. The first-order valence-corrected chi connectivity index (χ1v) is 3.54. The van der Waals surface area contributed by atoms with Crippen molar-refractivity contribution in [2.24, 2.45) is 4.99 Å². The molecule has 1 aromatic heterocycles. The Morgan fingerprint density at radius 2 is 2.42 bits per heavy atom. The number of aliphatic imine (C=N–C) groups is 1. The van der Waals surface area contributed by atoms with E-state index in [1.54, 1.807) is 20.2 Å². The van der Waals surface area contributed by atoms with Gasteiger partial charge in [0.2, 0.25) is 0 Å². The number of nitrogens with zero attached hydrogens (tertiary/aromatic N) is 2. The highest BCUT2D eigenvalue weighted by molar-refractivity contribution is 5.98. The van der Waals surface area contributed by atoms with Gasteiger partial charge in [0.05, 0.1) is 11.8 Å². The predicted octanol–water partition coefficient (Wildman–Crippen LogP) is 0.817. The van der Waals surface area contributed by atoms with Gasteiger partial charge in [0.25, 0.3) is 0 Å². The molecule has 1 heterocycles. The number of hydrogen-bond acceptors (Lipinski definition) is 2. The highest BCUT2D eigenvalue weighted by Gasteiger charge is 2.05. The van der Waals surface area contributed by atoms with E-state index in [4.69, 9.17) is 0 Å². The van der Waals surface area contributed by atoms with E-state index in [0.29, 0.717) is 11.4 Å². The molecule has 0 aliphatic rings. The second-order valence-corrected chi connectivity index (χ2v) is 2.18. The first kappa shape index (κ1) is 8.64. The summed E-state index contributed by atoms with van der Waals surface area (Å²) in [6.45, 7) is 0. The van der Waals surface area contributed by atoms with Gasteiger partial charge < -0.3 is 5.32 Å². The van der Waals surface area contributed by atoms with Crippen LogP contribution < -0.4 is 5.32 Å². The zero-order valence-corrected chi connectivity index (χ0v) is 7.00. The Hall–Kier alpha value is -1.45. The molecule has 64 valence electrons. The summed E-state index contributed by atoms with van der Waals surface area (Å²) < 4.78 is 13.0. The SMILES string of the molecule is CN=C(NC)c1ccncc1F. The molecule has 0 saturated carbocycles. The molecule has 12 heavy (non-hydrogen) atoms. The average Bonchev–Trinajstić information content (AvgIpc) is 2.10. The van der Waals surface area contributed by atoms with E-state index in [-0.39, 0.29) is 5.82 Å². The fraction of sp³-hybridized carbons (Fsp3) is 0.250. The molecule has 3 nitrogen and oxygen atoms in total. The number of halogens is 1. The molecule has 0 atom stereocenters. The normalized spacial score (nSPS) is 11.4. The summed E-state index contributed by atoms with van der Waals surface area (Å²) >= 11 is 0. The topological polar surface area (TPSA) is 37.3 Å². The van der Waals surface area contributed by atoms with Gasteiger partial charge in [-0.05, 0) is 6.07 Å². The van der Waals surface area contributed by atoms with Gasteiger partial charge in [-0.25, -0.2) is 4.39 Å². The van der Waals surface area contributed by atoms with Crippen LogP contribution in [0.3, 0.4) is 0 Å². The Balaban J connectivity index is 3.10. The lowest BCUT2D eigenvalue weighted by Gasteiger charge is -2.04. The third kappa shape index (κ3) is 1.58. The van der Waals surface area contributed by atoms with Crippen LogP contribution in [0.4, 0.5) is 4.39 Å². The maximum absolute atomic E-state index is 13.0. The molecule has 0 radical (unpaired) electrons. The van der Waals surface area contributed by atoms with Gasteiger partial charge in [0, 0.05) is 20.3 Å². The third-order valence-electron chi connectivity index (χ3n) is 1.49. The van der Waals surface area contributed by atoms with Gasteiger partial charge in [0.1, 0.15) is 5.84 Å². The lowest BCUT2D eigenvalue weighted by Crippen LogP contribution is -2.20. The van der Waals surface area contributed by atoms with Crippen LogP contribution in [0, 0.1) is 5.82 Å². The van der Waals surface area contributed by atoms with Crippen LogP contribution in [0.25, 0.3) is 0 Å². The summed E-state index contributed by atoms with van der Waals surface area (Å²) in [5.41, 5.74) is 0.440. The van der Waals surface area contributed by atoms with E-state index in [1.165, 1.54) is 6.20 Å². The van der Waals surface area contributed by atoms with Gasteiger partial charge in [-0.3, -0.25) is 9.98 Å². The van der Waals surface area contributed by atoms with Crippen molar-refractivity contribution in [3.05, 3.63) is 29.8 Å². The Morgan fingerprint density at radius 3 is 2.92 bits per heavy atom. The fourth-order valence-corrected chi connectivity index (χ4v) is 0.934.